The maximum Gasteiger partial charge on any atom is 0.122 e. The lowest BCUT2D eigenvalue weighted by atomic mass is 10.0. The van der Waals surface area contributed by atoms with Crippen LogP contribution in [0, 0.1) is 5.92 Å². The molecule has 0 aliphatic carbocycles. The number of nitrogens with one attached hydrogen (secondary N) is 1. The summed E-state index contributed by atoms with van der Waals surface area (Å²) >= 11 is 0. The fourth-order valence-corrected chi connectivity index (χ4v) is 1.62. The molecule has 0 saturated carbocycles. The van der Waals surface area contributed by atoms with Gasteiger partial charge in [0.05, 0.1) is 6.54 Å². The highest BCUT2D eigenvalue weighted by Crippen LogP contribution is 2.12. The lowest BCUT2D eigenvalue weighted by Crippen LogP contribution is -2.42. The first-order valence-corrected chi connectivity index (χ1v) is 4.51. The second-order valence-electron chi connectivity index (χ2n) is 3.73. The molecule has 1 aromatic rings. The van der Waals surface area contributed by atoms with E-state index in [2.05, 4.69) is 34.9 Å². The van der Waals surface area contributed by atoms with E-state index in [4.69, 9.17) is 0 Å². The Balaban J connectivity index is 2.15. The number of hydrogen-bond acceptors (Lipinski definition) is 2. The first kappa shape index (κ1) is 7.80. The molecule has 0 aromatic carbocycles. The number of imidazole rings is 1. The zero-order chi connectivity index (χ0) is 8.55. The molecule has 0 saturated heterocycles. The number of nitrogens with zero attached hydrogens (tertiary/aromatic N) is 2. The van der Waals surface area contributed by atoms with Gasteiger partial charge in [-0.3, -0.25) is 0 Å². The summed E-state index contributed by atoms with van der Waals surface area (Å²) in [6.07, 6.45) is 3.94. The van der Waals surface area contributed by atoms with Gasteiger partial charge in [0.2, 0.25) is 0 Å². The lowest BCUT2D eigenvalue weighted by Gasteiger charge is -2.28. The first-order valence-electron chi connectivity index (χ1n) is 4.51. The van der Waals surface area contributed by atoms with Gasteiger partial charge in [-0.05, 0) is 5.92 Å². The third-order valence-electron chi connectivity index (χ3n) is 2.52. The summed E-state index contributed by atoms with van der Waals surface area (Å²) in [5.74, 6) is 1.85. The zero-order valence-electron chi connectivity index (χ0n) is 7.62. The van der Waals surface area contributed by atoms with Crippen LogP contribution in [0.15, 0.2) is 12.4 Å². The van der Waals surface area contributed by atoms with E-state index in [1.54, 1.807) is 0 Å². The molecule has 1 N–H and O–H groups in total. The Kier molecular flexibility index (Phi) is 1.89. The van der Waals surface area contributed by atoms with Crippen molar-refractivity contribution >= 4 is 0 Å². The number of hydrogen-bond donors (Lipinski definition) is 1. The normalized spacial score (nSPS) is 22.8. The second kappa shape index (κ2) is 2.90. The number of rotatable bonds is 1. The van der Waals surface area contributed by atoms with E-state index >= 15 is 0 Å². The van der Waals surface area contributed by atoms with Crippen LogP contribution in [0.1, 0.15) is 19.7 Å². The van der Waals surface area contributed by atoms with Crippen molar-refractivity contribution < 1.29 is 0 Å². The predicted molar refractivity (Wildman–Crippen MR) is 47.7 cm³/mol. The molecule has 1 atom stereocenters. The zero-order valence-corrected chi connectivity index (χ0v) is 7.62. The predicted octanol–water partition coefficient (Wildman–Crippen LogP) is 1.01. The standard InChI is InChI=1S/C9H15N3/c1-7(2)8-6-12-4-3-10-9(12)5-11-8/h3-4,7-8,11H,5-6H2,1-2H3. The minimum Gasteiger partial charge on any atom is -0.332 e. The van der Waals surface area contributed by atoms with Crippen LogP contribution in [0.2, 0.25) is 0 Å². The van der Waals surface area contributed by atoms with Crippen LogP contribution in [0.25, 0.3) is 0 Å². The number of fused-ring (bicyclic) bond motifs is 1. The minimum atomic E-state index is 0.603. The Labute approximate surface area is 72.8 Å². The van der Waals surface area contributed by atoms with Crippen molar-refractivity contribution in [3.8, 4) is 0 Å². The van der Waals surface area contributed by atoms with Gasteiger partial charge in [-0.25, -0.2) is 4.98 Å². The Bertz CT molecular complexity index is 264. The molecule has 1 aromatic heterocycles. The fourth-order valence-electron chi connectivity index (χ4n) is 1.62. The smallest absolute Gasteiger partial charge is 0.122 e. The van der Waals surface area contributed by atoms with E-state index in [-0.39, 0.29) is 0 Å². The molecule has 2 rings (SSSR count). The molecule has 2 heterocycles. The van der Waals surface area contributed by atoms with Gasteiger partial charge < -0.3 is 9.88 Å². The van der Waals surface area contributed by atoms with Gasteiger partial charge in [-0.15, -0.1) is 0 Å². The molecule has 0 spiro atoms. The van der Waals surface area contributed by atoms with Gasteiger partial charge in [0.1, 0.15) is 5.82 Å². The Morgan fingerprint density at radius 3 is 3.25 bits per heavy atom. The summed E-state index contributed by atoms with van der Waals surface area (Å²) in [4.78, 5) is 4.25. The SMILES string of the molecule is CC(C)C1Cn2ccnc2CN1. The average Bonchev–Trinajstić information content (AvgIpc) is 2.49. The highest BCUT2D eigenvalue weighted by Gasteiger charge is 2.19. The third kappa shape index (κ3) is 1.25. The van der Waals surface area contributed by atoms with E-state index in [0.29, 0.717) is 12.0 Å². The quantitative estimate of drug-likeness (QED) is 0.673. The van der Waals surface area contributed by atoms with Crippen molar-refractivity contribution in [2.24, 2.45) is 5.92 Å². The van der Waals surface area contributed by atoms with Crippen molar-refractivity contribution in [2.45, 2.75) is 33.0 Å². The highest BCUT2D eigenvalue weighted by molar-refractivity contribution is 4.97. The molecule has 0 radical (unpaired) electrons. The van der Waals surface area contributed by atoms with Crippen molar-refractivity contribution in [3.05, 3.63) is 18.2 Å². The summed E-state index contributed by atoms with van der Waals surface area (Å²) < 4.78 is 2.24. The first-order chi connectivity index (χ1) is 5.77. The van der Waals surface area contributed by atoms with Gasteiger partial charge in [-0.1, -0.05) is 13.8 Å². The molecule has 0 bridgehead atoms. The number of aromatic nitrogens is 2. The molecule has 1 unspecified atom stereocenters. The monoisotopic (exact) mass is 165 g/mol. The van der Waals surface area contributed by atoms with Crippen LogP contribution in [0.5, 0.6) is 0 Å². The molecule has 66 valence electrons. The summed E-state index contributed by atoms with van der Waals surface area (Å²) in [7, 11) is 0. The fraction of sp³-hybridized carbons (Fsp3) is 0.667. The van der Waals surface area contributed by atoms with Crippen LogP contribution in [-0.2, 0) is 13.1 Å². The topological polar surface area (TPSA) is 29.9 Å². The van der Waals surface area contributed by atoms with E-state index in [9.17, 15) is 0 Å². The molecule has 0 fully saturated rings. The van der Waals surface area contributed by atoms with Crippen molar-refractivity contribution in [1.82, 2.24) is 14.9 Å². The van der Waals surface area contributed by atoms with Crippen LogP contribution in [0.4, 0.5) is 0 Å². The van der Waals surface area contributed by atoms with E-state index in [1.807, 2.05) is 6.20 Å². The van der Waals surface area contributed by atoms with Crippen molar-refractivity contribution in [2.75, 3.05) is 0 Å². The molecular weight excluding hydrogens is 150 g/mol. The second-order valence-corrected chi connectivity index (χ2v) is 3.73. The largest absolute Gasteiger partial charge is 0.332 e. The molecule has 0 amide bonds. The van der Waals surface area contributed by atoms with Gasteiger partial charge in [0.25, 0.3) is 0 Å². The lowest BCUT2D eigenvalue weighted by molar-refractivity contribution is 0.314. The van der Waals surface area contributed by atoms with Crippen LogP contribution >= 0.6 is 0 Å². The van der Waals surface area contributed by atoms with E-state index in [1.165, 1.54) is 0 Å². The van der Waals surface area contributed by atoms with Gasteiger partial charge in [-0.2, -0.15) is 0 Å². The van der Waals surface area contributed by atoms with Crippen LogP contribution < -0.4 is 5.32 Å². The molecular formula is C9H15N3. The van der Waals surface area contributed by atoms with E-state index in [0.717, 1.165) is 18.9 Å². The summed E-state index contributed by atoms with van der Waals surface area (Å²) in [6, 6.07) is 0.603. The molecule has 12 heavy (non-hydrogen) atoms. The highest BCUT2D eigenvalue weighted by atomic mass is 15.2. The average molecular weight is 165 g/mol. The van der Waals surface area contributed by atoms with Crippen LogP contribution in [0.3, 0.4) is 0 Å². The van der Waals surface area contributed by atoms with Crippen molar-refractivity contribution in [1.29, 1.82) is 0 Å². The van der Waals surface area contributed by atoms with Gasteiger partial charge in [0.15, 0.2) is 0 Å². The Hall–Kier alpha value is -0.830. The van der Waals surface area contributed by atoms with Crippen LogP contribution in [-0.4, -0.2) is 15.6 Å². The Morgan fingerprint density at radius 2 is 2.50 bits per heavy atom. The van der Waals surface area contributed by atoms with Crippen molar-refractivity contribution in [3.63, 3.8) is 0 Å². The van der Waals surface area contributed by atoms with Gasteiger partial charge in [0, 0.05) is 25.0 Å². The molecule has 1 aliphatic rings. The molecule has 3 nitrogen and oxygen atoms in total. The Morgan fingerprint density at radius 1 is 1.67 bits per heavy atom. The van der Waals surface area contributed by atoms with E-state index < -0.39 is 0 Å². The van der Waals surface area contributed by atoms with Gasteiger partial charge >= 0.3 is 0 Å². The third-order valence-corrected chi connectivity index (χ3v) is 2.52. The molecule has 3 heteroatoms. The minimum absolute atomic E-state index is 0.603. The summed E-state index contributed by atoms with van der Waals surface area (Å²) in [5.41, 5.74) is 0. The summed E-state index contributed by atoms with van der Waals surface area (Å²) in [6.45, 7) is 6.47. The maximum atomic E-state index is 4.25. The molecule has 1 aliphatic heterocycles. The maximum absolute atomic E-state index is 4.25. The summed E-state index contributed by atoms with van der Waals surface area (Å²) in [5, 5.41) is 3.48.